The number of carbonyl (C=O) groups excluding carboxylic acids is 2. The third-order valence-electron chi connectivity index (χ3n) is 4.25. The maximum absolute atomic E-state index is 12.1. The lowest BCUT2D eigenvalue weighted by atomic mass is 10.1. The predicted molar refractivity (Wildman–Crippen MR) is 94.7 cm³/mol. The molecule has 2 aliphatic heterocycles. The number of anilines is 1. The highest BCUT2D eigenvalue weighted by Gasteiger charge is 2.32. The summed E-state index contributed by atoms with van der Waals surface area (Å²) in [6, 6.07) is 3.79. The average Bonchev–Trinajstić information content (AvgIpc) is 3.20. The lowest BCUT2D eigenvalue weighted by Crippen LogP contribution is -2.22. The monoisotopic (exact) mass is 348 g/mol. The first-order valence-electron chi connectivity index (χ1n) is 7.77. The molecular weight excluding hydrogens is 328 g/mol. The number of rotatable bonds is 4. The number of methoxy groups -OCH3 is 2. The van der Waals surface area contributed by atoms with Crippen LogP contribution < -0.4 is 14.4 Å². The van der Waals surface area contributed by atoms with Gasteiger partial charge in [0, 0.05) is 31.8 Å². The maximum atomic E-state index is 12.1. The SMILES string of the molecule is COc1cc(N2CCCC2)c(OC)cc1/C=C1/SC(=O)N(C)C1=O. The van der Waals surface area contributed by atoms with Crippen LogP contribution in [0.1, 0.15) is 18.4 Å². The number of carbonyl (C=O) groups is 2. The number of imide groups is 1. The molecule has 128 valence electrons. The Balaban J connectivity index is 2.02. The van der Waals surface area contributed by atoms with Gasteiger partial charge in [-0.3, -0.25) is 14.5 Å². The largest absolute Gasteiger partial charge is 0.496 e. The van der Waals surface area contributed by atoms with Crippen molar-refractivity contribution in [2.24, 2.45) is 0 Å². The first-order valence-corrected chi connectivity index (χ1v) is 8.59. The second-order valence-corrected chi connectivity index (χ2v) is 6.69. The van der Waals surface area contributed by atoms with Crippen LogP contribution in [0.3, 0.4) is 0 Å². The van der Waals surface area contributed by atoms with Crippen LogP contribution >= 0.6 is 11.8 Å². The molecule has 2 saturated heterocycles. The summed E-state index contributed by atoms with van der Waals surface area (Å²) in [6.45, 7) is 1.99. The molecule has 24 heavy (non-hydrogen) atoms. The molecule has 2 aliphatic rings. The quantitative estimate of drug-likeness (QED) is 0.780. The molecule has 0 spiro atoms. The van der Waals surface area contributed by atoms with Crippen molar-refractivity contribution >= 4 is 34.7 Å². The van der Waals surface area contributed by atoms with Crippen molar-refractivity contribution in [3.05, 3.63) is 22.6 Å². The Kier molecular flexibility index (Phi) is 4.71. The minimum Gasteiger partial charge on any atom is -0.496 e. The summed E-state index contributed by atoms with van der Waals surface area (Å²) >= 11 is 0.931. The molecule has 7 heteroatoms. The number of likely N-dealkylation sites (N-methyl/N-ethyl adjacent to an activating group) is 1. The fraction of sp³-hybridized carbons (Fsp3) is 0.412. The summed E-state index contributed by atoms with van der Waals surface area (Å²) in [5.74, 6) is 1.09. The second-order valence-electron chi connectivity index (χ2n) is 5.70. The molecule has 2 heterocycles. The zero-order valence-electron chi connectivity index (χ0n) is 14.0. The Morgan fingerprint density at radius 1 is 1.08 bits per heavy atom. The molecular formula is C17H20N2O4S. The van der Waals surface area contributed by atoms with E-state index in [0.717, 1.165) is 59.6 Å². The van der Waals surface area contributed by atoms with Crippen LogP contribution in [0.4, 0.5) is 10.5 Å². The predicted octanol–water partition coefficient (Wildman–Crippen LogP) is 2.97. The van der Waals surface area contributed by atoms with E-state index in [-0.39, 0.29) is 11.1 Å². The van der Waals surface area contributed by atoms with Crippen molar-refractivity contribution in [2.75, 3.05) is 39.3 Å². The summed E-state index contributed by atoms with van der Waals surface area (Å²) in [6.07, 6.45) is 4.01. The highest BCUT2D eigenvalue weighted by molar-refractivity contribution is 8.18. The van der Waals surface area contributed by atoms with E-state index in [2.05, 4.69) is 4.90 Å². The summed E-state index contributed by atoms with van der Waals surface area (Å²) in [4.78, 5) is 27.5. The average molecular weight is 348 g/mol. The van der Waals surface area contributed by atoms with E-state index in [4.69, 9.17) is 9.47 Å². The Hall–Kier alpha value is -2.15. The fourth-order valence-corrected chi connectivity index (χ4v) is 3.73. The van der Waals surface area contributed by atoms with Gasteiger partial charge in [0.1, 0.15) is 11.5 Å². The van der Waals surface area contributed by atoms with Crippen molar-refractivity contribution < 1.29 is 19.1 Å². The van der Waals surface area contributed by atoms with Crippen LogP contribution in [-0.4, -0.2) is 50.4 Å². The summed E-state index contributed by atoms with van der Waals surface area (Å²) < 4.78 is 11.0. The van der Waals surface area contributed by atoms with Gasteiger partial charge < -0.3 is 14.4 Å². The van der Waals surface area contributed by atoms with Crippen LogP contribution in [-0.2, 0) is 4.79 Å². The lowest BCUT2D eigenvalue weighted by Gasteiger charge is -2.22. The van der Waals surface area contributed by atoms with E-state index >= 15 is 0 Å². The van der Waals surface area contributed by atoms with E-state index in [1.807, 2.05) is 12.1 Å². The lowest BCUT2D eigenvalue weighted by molar-refractivity contribution is -0.121. The molecule has 1 aromatic rings. The summed E-state index contributed by atoms with van der Waals surface area (Å²) in [5, 5.41) is -0.272. The van der Waals surface area contributed by atoms with Gasteiger partial charge in [0.25, 0.3) is 11.1 Å². The number of benzene rings is 1. The van der Waals surface area contributed by atoms with Crippen molar-refractivity contribution in [3.8, 4) is 11.5 Å². The number of hydrogen-bond donors (Lipinski definition) is 0. The molecule has 0 saturated carbocycles. The van der Waals surface area contributed by atoms with Gasteiger partial charge in [-0.05, 0) is 36.7 Å². The summed E-state index contributed by atoms with van der Waals surface area (Å²) in [5.41, 5.74) is 1.71. The summed E-state index contributed by atoms with van der Waals surface area (Å²) in [7, 11) is 4.70. The van der Waals surface area contributed by atoms with E-state index < -0.39 is 0 Å². The molecule has 0 atom stereocenters. The fourth-order valence-electron chi connectivity index (χ4n) is 2.91. The van der Waals surface area contributed by atoms with Crippen molar-refractivity contribution in [1.29, 1.82) is 0 Å². The molecule has 0 aromatic heterocycles. The number of nitrogens with zero attached hydrogens (tertiary/aromatic N) is 2. The Morgan fingerprint density at radius 3 is 2.29 bits per heavy atom. The van der Waals surface area contributed by atoms with E-state index in [1.54, 1.807) is 20.3 Å². The molecule has 0 N–H and O–H groups in total. The highest BCUT2D eigenvalue weighted by Crippen LogP contribution is 2.39. The zero-order chi connectivity index (χ0) is 17.3. The first-order chi connectivity index (χ1) is 11.5. The number of ether oxygens (including phenoxy) is 2. The van der Waals surface area contributed by atoms with Crippen LogP contribution in [0.5, 0.6) is 11.5 Å². The standard InChI is InChI=1S/C17H20N2O4S/c1-18-16(20)15(24-17(18)21)9-11-8-14(23-3)12(10-13(11)22-2)19-6-4-5-7-19/h8-10H,4-7H2,1-3H3/b15-9+. The van der Waals surface area contributed by atoms with Crippen LogP contribution in [0.25, 0.3) is 6.08 Å². The smallest absolute Gasteiger partial charge is 0.293 e. The van der Waals surface area contributed by atoms with Crippen molar-refractivity contribution in [2.45, 2.75) is 12.8 Å². The van der Waals surface area contributed by atoms with Crippen LogP contribution in [0.2, 0.25) is 0 Å². The van der Waals surface area contributed by atoms with Gasteiger partial charge in [-0.15, -0.1) is 0 Å². The minimum absolute atomic E-state index is 0.272. The molecule has 0 unspecified atom stereocenters. The normalized spacial score (nSPS) is 19.5. The van der Waals surface area contributed by atoms with Crippen LogP contribution in [0.15, 0.2) is 17.0 Å². The second kappa shape index (κ2) is 6.76. The molecule has 2 amide bonds. The maximum Gasteiger partial charge on any atom is 0.293 e. The van der Waals surface area contributed by atoms with Crippen LogP contribution in [0, 0.1) is 0 Å². The molecule has 0 aliphatic carbocycles. The molecule has 0 bridgehead atoms. The number of hydrogen-bond acceptors (Lipinski definition) is 6. The van der Waals surface area contributed by atoms with Gasteiger partial charge >= 0.3 is 0 Å². The van der Waals surface area contributed by atoms with E-state index in [9.17, 15) is 9.59 Å². The molecule has 1 aromatic carbocycles. The van der Waals surface area contributed by atoms with Gasteiger partial charge in [0.15, 0.2) is 0 Å². The van der Waals surface area contributed by atoms with Crippen molar-refractivity contribution in [1.82, 2.24) is 4.90 Å². The molecule has 2 fully saturated rings. The minimum atomic E-state index is -0.297. The Morgan fingerprint density at radius 2 is 1.75 bits per heavy atom. The van der Waals surface area contributed by atoms with Gasteiger partial charge in [-0.2, -0.15) is 0 Å². The topological polar surface area (TPSA) is 59.1 Å². The number of thioether (sulfide) groups is 1. The number of amides is 2. The third kappa shape index (κ3) is 2.96. The molecule has 3 rings (SSSR count). The third-order valence-corrected chi connectivity index (χ3v) is 5.21. The zero-order valence-corrected chi connectivity index (χ0v) is 14.8. The van der Waals surface area contributed by atoms with E-state index in [0.29, 0.717) is 10.7 Å². The van der Waals surface area contributed by atoms with Gasteiger partial charge in [0.2, 0.25) is 0 Å². The van der Waals surface area contributed by atoms with E-state index in [1.165, 1.54) is 7.05 Å². The molecule has 0 radical (unpaired) electrons. The Labute approximate surface area is 145 Å². The van der Waals surface area contributed by atoms with Gasteiger partial charge in [-0.25, -0.2) is 0 Å². The highest BCUT2D eigenvalue weighted by atomic mass is 32.2. The van der Waals surface area contributed by atoms with Crippen molar-refractivity contribution in [3.63, 3.8) is 0 Å². The van der Waals surface area contributed by atoms with Gasteiger partial charge in [0.05, 0.1) is 24.8 Å². The first kappa shape index (κ1) is 16.7. The Bertz CT molecular complexity index is 711. The molecule has 6 nitrogen and oxygen atoms in total. The van der Waals surface area contributed by atoms with Gasteiger partial charge in [-0.1, -0.05) is 0 Å².